The standard InChI is InChI=1S/C19H16O6S/c1-12-15-5-3-4-6-17(15)25-18(12)16(20)11-24-19(21)13-7-9-14(10-8-13)26(2,22)23/h3-10H,11H2,1-2H3. The lowest BCUT2D eigenvalue weighted by atomic mass is 10.1. The van der Waals surface area contributed by atoms with E-state index in [2.05, 4.69) is 0 Å². The van der Waals surface area contributed by atoms with Crippen molar-refractivity contribution in [1.29, 1.82) is 0 Å². The first-order valence-corrected chi connectivity index (χ1v) is 9.65. The highest BCUT2D eigenvalue weighted by Gasteiger charge is 2.19. The number of fused-ring (bicyclic) bond motifs is 1. The molecule has 1 aromatic heterocycles. The van der Waals surface area contributed by atoms with Crippen LogP contribution in [0.2, 0.25) is 0 Å². The molecule has 0 aliphatic rings. The summed E-state index contributed by atoms with van der Waals surface area (Å²) in [5, 5.41) is 0.832. The van der Waals surface area contributed by atoms with Gasteiger partial charge in [-0.3, -0.25) is 4.79 Å². The maximum atomic E-state index is 12.3. The Bertz CT molecular complexity index is 1090. The molecule has 0 fully saturated rings. The van der Waals surface area contributed by atoms with E-state index in [9.17, 15) is 18.0 Å². The van der Waals surface area contributed by atoms with E-state index in [-0.39, 0.29) is 16.2 Å². The van der Waals surface area contributed by atoms with Crippen LogP contribution in [0.15, 0.2) is 57.8 Å². The molecule has 0 saturated carbocycles. The van der Waals surface area contributed by atoms with Crippen LogP contribution in [0, 0.1) is 6.92 Å². The van der Waals surface area contributed by atoms with E-state index < -0.39 is 28.2 Å². The van der Waals surface area contributed by atoms with E-state index in [1.165, 1.54) is 24.3 Å². The van der Waals surface area contributed by atoms with Gasteiger partial charge in [-0.25, -0.2) is 13.2 Å². The number of aryl methyl sites for hydroxylation is 1. The number of furan rings is 1. The average molecular weight is 372 g/mol. The maximum Gasteiger partial charge on any atom is 0.338 e. The van der Waals surface area contributed by atoms with Crippen molar-refractivity contribution in [3.05, 3.63) is 65.4 Å². The lowest BCUT2D eigenvalue weighted by molar-refractivity contribution is 0.0468. The molecule has 7 heteroatoms. The molecule has 0 unspecified atom stereocenters. The molecule has 6 nitrogen and oxygen atoms in total. The number of benzene rings is 2. The Kier molecular flexibility index (Phi) is 4.65. The van der Waals surface area contributed by atoms with E-state index >= 15 is 0 Å². The van der Waals surface area contributed by atoms with E-state index in [0.717, 1.165) is 11.6 Å². The van der Waals surface area contributed by atoms with Crippen molar-refractivity contribution in [1.82, 2.24) is 0 Å². The largest absolute Gasteiger partial charge is 0.454 e. The average Bonchev–Trinajstić information content (AvgIpc) is 2.96. The number of hydrogen-bond donors (Lipinski definition) is 0. The minimum absolute atomic E-state index is 0.100. The van der Waals surface area contributed by atoms with Crippen molar-refractivity contribution in [3.8, 4) is 0 Å². The van der Waals surface area contributed by atoms with Crippen molar-refractivity contribution in [2.24, 2.45) is 0 Å². The van der Waals surface area contributed by atoms with Crippen molar-refractivity contribution in [3.63, 3.8) is 0 Å². The van der Waals surface area contributed by atoms with Gasteiger partial charge in [-0.1, -0.05) is 18.2 Å². The molecule has 0 N–H and O–H groups in total. The predicted molar refractivity (Wildman–Crippen MR) is 95.1 cm³/mol. The first-order chi connectivity index (χ1) is 12.3. The Morgan fingerprint density at radius 2 is 1.69 bits per heavy atom. The third-order valence-corrected chi connectivity index (χ3v) is 5.08. The quantitative estimate of drug-likeness (QED) is 0.505. The first kappa shape index (κ1) is 17.9. The summed E-state index contributed by atoms with van der Waals surface area (Å²) in [5.74, 6) is -1.00. The molecule has 0 atom stereocenters. The van der Waals surface area contributed by atoms with Crippen molar-refractivity contribution >= 4 is 32.6 Å². The van der Waals surface area contributed by atoms with Gasteiger partial charge in [0.1, 0.15) is 5.58 Å². The highest BCUT2D eigenvalue weighted by molar-refractivity contribution is 7.90. The summed E-state index contributed by atoms with van der Waals surface area (Å²) in [4.78, 5) is 24.5. The summed E-state index contributed by atoms with van der Waals surface area (Å²) in [7, 11) is -3.34. The van der Waals surface area contributed by atoms with Gasteiger partial charge in [-0.05, 0) is 37.3 Å². The molecule has 26 heavy (non-hydrogen) atoms. The SMILES string of the molecule is Cc1c(C(=O)COC(=O)c2ccc(S(C)(=O)=O)cc2)oc2ccccc12. The topological polar surface area (TPSA) is 90.7 Å². The normalized spacial score (nSPS) is 11.5. The summed E-state index contributed by atoms with van der Waals surface area (Å²) in [6.07, 6.45) is 1.08. The predicted octanol–water partition coefficient (Wildman–Crippen LogP) is 3.18. The van der Waals surface area contributed by atoms with Gasteiger partial charge in [0.15, 0.2) is 22.2 Å². The molecule has 3 rings (SSSR count). The minimum atomic E-state index is -3.34. The zero-order valence-corrected chi connectivity index (χ0v) is 15.0. The Hall–Kier alpha value is -2.93. The highest BCUT2D eigenvalue weighted by atomic mass is 32.2. The molecule has 134 valence electrons. The summed E-state index contributed by atoms with van der Waals surface area (Å²) in [6, 6.07) is 12.6. The number of ether oxygens (including phenoxy) is 1. The fraction of sp³-hybridized carbons (Fsp3) is 0.158. The molecule has 0 radical (unpaired) electrons. The van der Waals surface area contributed by atoms with E-state index in [1.54, 1.807) is 19.1 Å². The third kappa shape index (κ3) is 3.52. The zero-order chi connectivity index (χ0) is 18.9. The maximum absolute atomic E-state index is 12.3. The number of esters is 1. The molecule has 0 amide bonds. The van der Waals surface area contributed by atoms with Gasteiger partial charge >= 0.3 is 5.97 Å². The van der Waals surface area contributed by atoms with Crippen molar-refractivity contribution < 1.29 is 27.2 Å². The summed E-state index contributed by atoms with van der Waals surface area (Å²) >= 11 is 0. The molecule has 3 aromatic rings. The van der Waals surface area contributed by atoms with E-state index in [0.29, 0.717) is 11.1 Å². The number of carbonyl (C=O) groups excluding carboxylic acids is 2. The van der Waals surface area contributed by atoms with Crippen LogP contribution in [0.3, 0.4) is 0 Å². The minimum Gasteiger partial charge on any atom is -0.454 e. The van der Waals surface area contributed by atoms with E-state index in [4.69, 9.17) is 9.15 Å². The van der Waals surface area contributed by atoms with Crippen LogP contribution < -0.4 is 0 Å². The molecular weight excluding hydrogens is 356 g/mol. The lowest BCUT2D eigenvalue weighted by Gasteiger charge is -2.04. The fourth-order valence-corrected chi connectivity index (χ4v) is 3.19. The number of para-hydroxylation sites is 1. The number of carbonyl (C=O) groups is 2. The monoisotopic (exact) mass is 372 g/mol. The van der Waals surface area contributed by atoms with Gasteiger partial charge in [0, 0.05) is 17.2 Å². The highest BCUT2D eigenvalue weighted by Crippen LogP contribution is 2.25. The van der Waals surface area contributed by atoms with Crippen LogP contribution >= 0.6 is 0 Å². The van der Waals surface area contributed by atoms with Gasteiger partial charge in [-0.2, -0.15) is 0 Å². The molecule has 0 bridgehead atoms. The second-order valence-electron chi connectivity index (χ2n) is 5.85. The number of hydrogen-bond acceptors (Lipinski definition) is 6. The number of Topliss-reactive ketones (excluding diaryl/α,β-unsaturated/α-hetero) is 1. The Labute approximate surface area is 150 Å². The summed E-state index contributed by atoms with van der Waals surface area (Å²) in [6.45, 7) is 1.30. The fourth-order valence-electron chi connectivity index (χ4n) is 2.56. The second kappa shape index (κ2) is 6.76. The summed E-state index contributed by atoms with van der Waals surface area (Å²) < 4.78 is 33.4. The number of sulfone groups is 1. The van der Waals surface area contributed by atoms with Gasteiger partial charge in [0.05, 0.1) is 10.5 Å². The van der Waals surface area contributed by atoms with Crippen LogP contribution in [0.25, 0.3) is 11.0 Å². The van der Waals surface area contributed by atoms with Crippen LogP contribution in [0.5, 0.6) is 0 Å². The van der Waals surface area contributed by atoms with Crippen molar-refractivity contribution in [2.75, 3.05) is 12.9 Å². The number of ketones is 1. The number of rotatable bonds is 5. The first-order valence-electron chi connectivity index (χ1n) is 7.76. The molecule has 0 aliphatic heterocycles. The van der Waals surface area contributed by atoms with Gasteiger partial charge in [0.2, 0.25) is 5.78 Å². The molecule has 0 spiro atoms. The third-order valence-electron chi connectivity index (χ3n) is 3.95. The zero-order valence-electron chi connectivity index (χ0n) is 14.2. The van der Waals surface area contributed by atoms with Crippen LogP contribution in [0.4, 0.5) is 0 Å². The molecule has 1 heterocycles. The summed E-state index contributed by atoms with van der Waals surface area (Å²) in [5.41, 5.74) is 1.45. The van der Waals surface area contributed by atoms with Gasteiger partial charge in [0.25, 0.3) is 0 Å². The Balaban J connectivity index is 1.70. The molecular formula is C19H16O6S. The van der Waals surface area contributed by atoms with Gasteiger partial charge in [-0.15, -0.1) is 0 Å². The molecule has 0 aliphatic carbocycles. The van der Waals surface area contributed by atoms with Crippen LogP contribution in [-0.4, -0.2) is 33.0 Å². The Morgan fingerprint density at radius 1 is 1.04 bits per heavy atom. The van der Waals surface area contributed by atoms with Gasteiger partial charge < -0.3 is 9.15 Å². The lowest BCUT2D eigenvalue weighted by Crippen LogP contribution is -2.14. The molecule has 2 aromatic carbocycles. The van der Waals surface area contributed by atoms with Crippen molar-refractivity contribution in [2.45, 2.75) is 11.8 Å². The van der Waals surface area contributed by atoms with E-state index in [1.807, 2.05) is 12.1 Å². The van der Waals surface area contributed by atoms with Crippen LogP contribution in [0.1, 0.15) is 26.5 Å². The smallest absolute Gasteiger partial charge is 0.338 e. The second-order valence-corrected chi connectivity index (χ2v) is 7.86. The van der Waals surface area contributed by atoms with Crippen LogP contribution in [-0.2, 0) is 14.6 Å². The Morgan fingerprint density at radius 3 is 2.31 bits per heavy atom. The molecule has 0 saturated heterocycles.